The van der Waals surface area contributed by atoms with Gasteiger partial charge in [-0.3, -0.25) is 9.59 Å². The van der Waals surface area contributed by atoms with Crippen molar-refractivity contribution in [1.29, 1.82) is 0 Å². The average Bonchev–Trinajstić information content (AvgIpc) is 3.25. The van der Waals surface area contributed by atoms with Crippen LogP contribution in [-0.4, -0.2) is 49.9 Å². The zero-order valence-electron chi connectivity index (χ0n) is 16.6. The predicted octanol–water partition coefficient (Wildman–Crippen LogP) is 1.81. The van der Waals surface area contributed by atoms with E-state index < -0.39 is 23.9 Å². The van der Waals surface area contributed by atoms with E-state index in [1.165, 1.54) is 12.1 Å². The number of ether oxygens (including phenoxy) is 1. The maximum atomic E-state index is 13.4. The molecule has 1 aliphatic heterocycles. The average molecular weight is 413 g/mol. The second-order valence-electron chi connectivity index (χ2n) is 6.88. The maximum absolute atomic E-state index is 13.4. The van der Waals surface area contributed by atoms with Gasteiger partial charge in [0, 0.05) is 32.1 Å². The lowest BCUT2D eigenvalue weighted by Gasteiger charge is -2.20. The zero-order valence-corrected chi connectivity index (χ0v) is 16.6. The van der Waals surface area contributed by atoms with Crippen molar-refractivity contribution in [2.45, 2.75) is 25.0 Å². The number of halogens is 1. The topological polar surface area (TPSA) is 89.0 Å². The van der Waals surface area contributed by atoms with E-state index >= 15 is 0 Å². The number of hydrogen-bond acceptors (Lipinski definition) is 5. The molecule has 0 saturated heterocycles. The van der Waals surface area contributed by atoms with Crippen molar-refractivity contribution in [2.75, 3.05) is 20.3 Å². The molecular weight excluding hydrogens is 389 g/mol. The molecule has 0 radical (unpaired) electrons. The highest BCUT2D eigenvalue weighted by molar-refractivity contribution is 6.04. The predicted molar refractivity (Wildman–Crippen MR) is 109 cm³/mol. The first-order chi connectivity index (χ1) is 14.6. The third-order valence-corrected chi connectivity index (χ3v) is 4.64. The molecule has 3 rings (SSSR count). The quantitative estimate of drug-likeness (QED) is 0.614. The monoisotopic (exact) mass is 413 g/mol. The molecule has 2 amide bonds. The van der Waals surface area contributed by atoms with E-state index in [2.05, 4.69) is 15.8 Å². The van der Waals surface area contributed by atoms with Crippen LogP contribution in [0.25, 0.3) is 0 Å². The Morgan fingerprint density at radius 3 is 2.77 bits per heavy atom. The number of oxime groups is 1. The molecule has 1 heterocycles. The Morgan fingerprint density at radius 1 is 1.23 bits per heavy atom. The molecule has 30 heavy (non-hydrogen) atoms. The molecule has 2 atom stereocenters. The van der Waals surface area contributed by atoms with E-state index in [4.69, 9.17) is 9.57 Å². The SMILES string of the molecule is COCCNC(=O)[C@@H](Cc1ccccc1)NC(=O)[C@@H]1CC(c2cccc(F)c2)=NO1. The molecule has 0 saturated carbocycles. The van der Waals surface area contributed by atoms with E-state index in [1.54, 1.807) is 19.2 Å². The number of rotatable bonds is 9. The zero-order chi connectivity index (χ0) is 21.3. The molecule has 0 bridgehead atoms. The van der Waals surface area contributed by atoms with E-state index in [1.807, 2.05) is 30.3 Å². The normalized spacial score (nSPS) is 16.3. The van der Waals surface area contributed by atoms with Crippen LogP contribution in [0.3, 0.4) is 0 Å². The summed E-state index contributed by atoms with van der Waals surface area (Å²) in [5, 5.41) is 9.42. The molecule has 8 heteroatoms. The van der Waals surface area contributed by atoms with Gasteiger partial charge in [-0.05, 0) is 17.7 Å². The van der Waals surface area contributed by atoms with Crippen molar-refractivity contribution in [3.05, 3.63) is 71.5 Å². The Morgan fingerprint density at radius 2 is 2.03 bits per heavy atom. The molecule has 158 valence electrons. The van der Waals surface area contributed by atoms with Crippen molar-refractivity contribution >= 4 is 17.5 Å². The van der Waals surface area contributed by atoms with Gasteiger partial charge in [0.15, 0.2) is 0 Å². The van der Waals surface area contributed by atoms with Crippen molar-refractivity contribution in [3.8, 4) is 0 Å². The summed E-state index contributed by atoms with van der Waals surface area (Å²) in [6.45, 7) is 0.706. The Kier molecular flexibility index (Phi) is 7.51. The van der Waals surface area contributed by atoms with Crippen LogP contribution in [-0.2, 0) is 25.6 Å². The van der Waals surface area contributed by atoms with Gasteiger partial charge in [-0.2, -0.15) is 0 Å². The number of benzene rings is 2. The van der Waals surface area contributed by atoms with Crippen molar-refractivity contribution in [1.82, 2.24) is 10.6 Å². The maximum Gasteiger partial charge on any atom is 0.265 e. The highest BCUT2D eigenvalue weighted by atomic mass is 19.1. The summed E-state index contributed by atoms with van der Waals surface area (Å²) >= 11 is 0. The fraction of sp³-hybridized carbons (Fsp3) is 0.318. The number of nitrogens with zero attached hydrogens (tertiary/aromatic N) is 1. The molecule has 0 spiro atoms. The van der Waals surface area contributed by atoms with E-state index in [0.29, 0.717) is 30.8 Å². The van der Waals surface area contributed by atoms with Crippen molar-refractivity contribution in [3.63, 3.8) is 0 Å². The summed E-state index contributed by atoms with van der Waals surface area (Å²) in [6, 6.07) is 14.6. The largest absolute Gasteiger partial charge is 0.383 e. The first-order valence-electron chi connectivity index (χ1n) is 9.66. The van der Waals surface area contributed by atoms with Crippen molar-refractivity contribution in [2.24, 2.45) is 5.16 Å². The molecule has 0 aliphatic carbocycles. The lowest BCUT2D eigenvalue weighted by molar-refractivity contribution is -0.135. The molecule has 7 nitrogen and oxygen atoms in total. The van der Waals surface area contributed by atoms with Crippen LogP contribution in [0.5, 0.6) is 0 Å². The molecule has 0 aromatic heterocycles. The summed E-state index contributed by atoms with van der Waals surface area (Å²) in [7, 11) is 1.54. The minimum absolute atomic E-state index is 0.193. The first-order valence-corrected chi connectivity index (χ1v) is 9.66. The van der Waals surface area contributed by atoms with Crippen LogP contribution in [0.1, 0.15) is 17.5 Å². The molecule has 2 aromatic rings. The number of carbonyl (C=O) groups is 2. The smallest absolute Gasteiger partial charge is 0.265 e. The van der Waals surface area contributed by atoms with Crippen LogP contribution in [0.2, 0.25) is 0 Å². The van der Waals surface area contributed by atoms with Gasteiger partial charge in [-0.15, -0.1) is 0 Å². The summed E-state index contributed by atoms with van der Waals surface area (Å²) in [5.74, 6) is -1.15. The lowest BCUT2D eigenvalue weighted by Crippen LogP contribution is -2.51. The Hall–Kier alpha value is -3.26. The van der Waals surface area contributed by atoms with Crippen LogP contribution in [0, 0.1) is 5.82 Å². The Bertz CT molecular complexity index is 904. The van der Waals surface area contributed by atoms with E-state index in [9.17, 15) is 14.0 Å². The lowest BCUT2D eigenvalue weighted by atomic mass is 10.0. The van der Waals surface area contributed by atoms with Crippen molar-refractivity contribution < 1.29 is 23.6 Å². The van der Waals surface area contributed by atoms with Gasteiger partial charge in [0.05, 0.1) is 12.3 Å². The first kappa shape index (κ1) is 21.4. The van der Waals surface area contributed by atoms with Gasteiger partial charge in [0.2, 0.25) is 12.0 Å². The van der Waals surface area contributed by atoms with E-state index in [-0.39, 0.29) is 12.3 Å². The fourth-order valence-corrected chi connectivity index (χ4v) is 3.08. The molecule has 1 aliphatic rings. The summed E-state index contributed by atoms with van der Waals surface area (Å²) in [6.07, 6.45) is -0.359. The highest BCUT2D eigenvalue weighted by Crippen LogP contribution is 2.18. The van der Waals surface area contributed by atoms with Gasteiger partial charge in [-0.25, -0.2) is 4.39 Å². The molecule has 2 aromatic carbocycles. The molecular formula is C22H24FN3O4. The molecule has 2 N–H and O–H groups in total. The van der Waals surface area contributed by atoms with E-state index in [0.717, 1.165) is 5.56 Å². The number of nitrogens with one attached hydrogen (secondary N) is 2. The second kappa shape index (κ2) is 10.5. The number of hydrogen-bond donors (Lipinski definition) is 2. The highest BCUT2D eigenvalue weighted by Gasteiger charge is 2.32. The van der Waals surface area contributed by atoms with Gasteiger partial charge >= 0.3 is 0 Å². The summed E-state index contributed by atoms with van der Waals surface area (Å²) in [5.41, 5.74) is 1.95. The fourth-order valence-electron chi connectivity index (χ4n) is 3.08. The van der Waals surface area contributed by atoms with Crippen LogP contribution >= 0.6 is 0 Å². The minimum atomic E-state index is -0.881. The number of carbonyl (C=O) groups excluding carboxylic acids is 2. The van der Waals surface area contributed by atoms with Gasteiger partial charge < -0.3 is 20.2 Å². The summed E-state index contributed by atoms with van der Waals surface area (Å²) in [4.78, 5) is 30.6. The van der Waals surface area contributed by atoms with Gasteiger partial charge in [-0.1, -0.05) is 47.6 Å². The van der Waals surface area contributed by atoms with Gasteiger partial charge in [0.1, 0.15) is 11.9 Å². The minimum Gasteiger partial charge on any atom is -0.383 e. The number of amides is 2. The van der Waals surface area contributed by atoms with Crippen LogP contribution in [0.15, 0.2) is 59.8 Å². The summed E-state index contributed by atoms with van der Waals surface area (Å²) < 4.78 is 18.4. The standard InChI is InChI=1S/C22H24FN3O4/c1-29-11-10-24-21(27)19(12-15-6-3-2-4-7-15)25-22(28)20-14-18(26-30-20)16-8-5-9-17(23)13-16/h2-9,13,19-20H,10-12,14H2,1H3,(H,24,27)(H,25,28)/t19-,20+/m1/s1. The Labute approximate surface area is 174 Å². The molecule has 0 unspecified atom stereocenters. The van der Waals surface area contributed by atoms with Crippen LogP contribution < -0.4 is 10.6 Å². The molecule has 0 fully saturated rings. The third-order valence-electron chi connectivity index (χ3n) is 4.64. The Balaban J connectivity index is 1.63. The van der Waals surface area contributed by atoms with Gasteiger partial charge in [0.25, 0.3) is 5.91 Å². The third kappa shape index (κ3) is 5.87. The van der Waals surface area contributed by atoms with Crippen LogP contribution in [0.4, 0.5) is 4.39 Å². The number of methoxy groups -OCH3 is 1. The second-order valence-corrected chi connectivity index (χ2v) is 6.88.